The molecule has 0 aliphatic heterocycles. The number of benzene rings is 2. The van der Waals surface area contributed by atoms with Crippen molar-refractivity contribution in [2.75, 3.05) is 6.61 Å². The molecule has 7 heteroatoms. The van der Waals surface area contributed by atoms with Gasteiger partial charge in [-0.25, -0.2) is 9.37 Å². The average Bonchev–Trinajstić information content (AvgIpc) is 3.31. The summed E-state index contributed by atoms with van der Waals surface area (Å²) in [5.41, 5.74) is 3.48. The second kappa shape index (κ2) is 8.67. The van der Waals surface area contributed by atoms with Crippen molar-refractivity contribution in [1.29, 1.82) is 0 Å². The summed E-state index contributed by atoms with van der Waals surface area (Å²) in [6, 6.07) is 13.9. The zero-order chi connectivity index (χ0) is 21.1. The van der Waals surface area contributed by atoms with Crippen LogP contribution in [0.15, 0.2) is 60.1 Å². The van der Waals surface area contributed by atoms with Crippen molar-refractivity contribution in [3.05, 3.63) is 77.2 Å². The lowest BCUT2D eigenvalue weighted by Gasteiger charge is -2.15. The molecule has 0 fully saturated rings. The van der Waals surface area contributed by atoms with Crippen LogP contribution in [0.4, 0.5) is 4.39 Å². The van der Waals surface area contributed by atoms with Crippen LogP contribution < -0.4 is 10.1 Å². The molecule has 2 aromatic carbocycles. The van der Waals surface area contributed by atoms with Crippen molar-refractivity contribution >= 4 is 22.2 Å². The number of hydrogen-bond acceptors (Lipinski definition) is 4. The molecule has 30 heavy (non-hydrogen) atoms. The summed E-state index contributed by atoms with van der Waals surface area (Å²) in [6.07, 6.45) is 2.14. The summed E-state index contributed by atoms with van der Waals surface area (Å²) in [5.74, 6) is 0.476. The second-order valence-electron chi connectivity index (χ2n) is 6.98. The fourth-order valence-corrected chi connectivity index (χ4v) is 4.15. The maximum atomic E-state index is 13.2. The molecule has 1 atom stereocenters. The largest absolute Gasteiger partial charge is 0.494 e. The standard InChI is InChI=1S/C23H22FN3O2S/c1-3-29-20-10-6-16(7-11-20)15(2)25-22(28)12-19-14-30-23-26-21(13-27(19)23)17-4-8-18(24)9-5-17/h4-11,13-15H,3,12H2,1-2H3,(H,25,28)/t15-/m1/s1. The van der Waals surface area contributed by atoms with E-state index in [1.54, 1.807) is 12.1 Å². The topological polar surface area (TPSA) is 55.6 Å². The van der Waals surface area contributed by atoms with Crippen molar-refractivity contribution in [1.82, 2.24) is 14.7 Å². The number of nitrogens with zero attached hydrogens (tertiary/aromatic N) is 2. The van der Waals surface area contributed by atoms with Gasteiger partial charge in [0.25, 0.3) is 0 Å². The predicted molar refractivity (Wildman–Crippen MR) is 116 cm³/mol. The normalized spacial score (nSPS) is 12.1. The fraction of sp³-hybridized carbons (Fsp3) is 0.217. The van der Waals surface area contributed by atoms with E-state index in [2.05, 4.69) is 10.3 Å². The molecular weight excluding hydrogens is 401 g/mol. The number of amides is 1. The Morgan fingerprint density at radius 2 is 1.93 bits per heavy atom. The molecule has 0 spiro atoms. The van der Waals surface area contributed by atoms with Gasteiger partial charge in [-0.3, -0.25) is 9.20 Å². The van der Waals surface area contributed by atoms with E-state index in [0.717, 1.165) is 33.2 Å². The van der Waals surface area contributed by atoms with Crippen LogP contribution >= 0.6 is 11.3 Å². The minimum absolute atomic E-state index is 0.0619. The minimum atomic E-state index is -0.279. The van der Waals surface area contributed by atoms with Crippen LogP contribution in [0.3, 0.4) is 0 Å². The van der Waals surface area contributed by atoms with Crippen molar-refractivity contribution in [3.63, 3.8) is 0 Å². The van der Waals surface area contributed by atoms with Gasteiger partial charge in [0.2, 0.25) is 5.91 Å². The highest BCUT2D eigenvalue weighted by molar-refractivity contribution is 7.15. The van der Waals surface area contributed by atoms with Gasteiger partial charge in [0.1, 0.15) is 11.6 Å². The first-order valence-electron chi connectivity index (χ1n) is 9.77. The van der Waals surface area contributed by atoms with Crippen molar-refractivity contribution in [2.45, 2.75) is 26.3 Å². The van der Waals surface area contributed by atoms with E-state index in [1.807, 2.05) is 54.1 Å². The predicted octanol–water partition coefficient (Wildman–Crippen LogP) is 5.02. The van der Waals surface area contributed by atoms with Crippen LogP contribution in [0.25, 0.3) is 16.2 Å². The first kappa shape index (κ1) is 20.1. The average molecular weight is 424 g/mol. The summed E-state index contributed by atoms with van der Waals surface area (Å²) < 4.78 is 20.5. The molecule has 0 radical (unpaired) electrons. The summed E-state index contributed by atoms with van der Waals surface area (Å²) in [5, 5.41) is 4.99. The molecule has 0 saturated carbocycles. The van der Waals surface area contributed by atoms with Gasteiger partial charge in [0.15, 0.2) is 4.96 Å². The van der Waals surface area contributed by atoms with Gasteiger partial charge in [-0.2, -0.15) is 0 Å². The maximum absolute atomic E-state index is 13.2. The van der Waals surface area contributed by atoms with Crippen LogP contribution in [0, 0.1) is 5.82 Å². The molecule has 0 aliphatic carbocycles. The molecule has 0 unspecified atom stereocenters. The van der Waals surface area contributed by atoms with Gasteiger partial charge in [0, 0.05) is 22.8 Å². The van der Waals surface area contributed by atoms with Gasteiger partial charge in [0.05, 0.1) is 24.8 Å². The maximum Gasteiger partial charge on any atom is 0.226 e. The smallest absolute Gasteiger partial charge is 0.226 e. The molecule has 0 aliphatic rings. The molecule has 0 bridgehead atoms. The number of imidazole rings is 1. The third kappa shape index (κ3) is 4.36. The van der Waals surface area contributed by atoms with Gasteiger partial charge in [-0.05, 0) is 55.8 Å². The summed E-state index contributed by atoms with van der Waals surface area (Å²) in [4.78, 5) is 18.0. The van der Waals surface area contributed by atoms with Gasteiger partial charge >= 0.3 is 0 Å². The number of fused-ring (bicyclic) bond motifs is 1. The summed E-state index contributed by atoms with van der Waals surface area (Å²) >= 11 is 1.48. The first-order chi connectivity index (χ1) is 14.5. The highest BCUT2D eigenvalue weighted by Gasteiger charge is 2.15. The Balaban J connectivity index is 1.44. The Labute approximate surface area is 178 Å². The van der Waals surface area contributed by atoms with Crippen molar-refractivity contribution in [3.8, 4) is 17.0 Å². The van der Waals surface area contributed by atoms with E-state index in [-0.39, 0.29) is 24.2 Å². The van der Waals surface area contributed by atoms with Gasteiger partial charge < -0.3 is 10.1 Å². The number of halogens is 1. The monoisotopic (exact) mass is 423 g/mol. The van der Waals surface area contributed by atoms with Crippen LogP contribution in [-0.2, 0) is 11.2 Å². The van der Waals surface area contributed by atoms with E-state index >= 15 is 0 Å². The number of aromatic nitrogens is 2. The SMILES string of the molecule is CCOc1ccc([C@@H](C)NC(=O)Cc2csc3nc(-c4ccc(F)cc4)cn23)cc1. The van der Waals surface area contributed by atoms with Crippen molar-refractivity contribution < 1.29 is 13.9 Å². The van der Waals surface area contributed by atoms with E-state index in [4.69, 9.17) is 4.74 Å². The zero-order valence-electron chi connectivity index (χ0n) is 16.8. The van der Waals surface area contributed by atoms with E-state index in [1.165, 1.54) is 23.5 Å². The fourth-order valence-electron chi connectivity index (χ4n) is 3.28. The molecule has 154 valence electrons. The van der Waals surface area contributed by atoms with Crippen molar-refractivity contribution in [2.24, 2.45) is 0 Å². The number of carbonyl (C=O) groups is 1. The molecule has 2 aromatic heterocycles. The Bertz CT molecular complexity index is 1150. The number of ether oxygens (including phenoxy) is 1. The number of thiazole rings is 1. The van der Waals surface area contributed by atoms with Gasteiger partial charge in [-0.15, -0.1) is 11.3 Å². The van der Waals surface area contributed by atoms with E-state index in [0.29, 0.717) is 6.61 Å². The lowest BCUT2D eigenvalue weighted by molar-refractivity contribution is -0.121. The number of carbonyl (C=O) groups excluding carboxylic acids is 1. The molecular formula is C23H22FN3O2S. The van der Waals surface area contributed by atoms with Crippen LogP contribution in [0.2, 0.25) is 0 Å². The third-order valence-corrected chi connectivity index (χ3v) is 5.72. The van der Waals surface area contributed by atoms with E-state index < -0.39 is 0 Å². The Kier molecular flexibility index (Phi) is 5.81. The molecule has 5 nitrogen and oxygen atoms in total. The minimum Gasteiger partial charge on any atom is -0.494 e. The first-order valence-corrected chi connectivity index (χ1v) is 10.6. The van der Waals surface area contributed by atoms with E-state index in [9.17, 15) is 9.18 Å². The summed E-state index contributed by atoms with van der Waals surface area (Å²) in [6.45, 7) is 4.53. The van der Waals surface area contributed by atoms with Crippen LogP contribution in [0.5, 0.6) is 5.75 Å². The number of nitrogens with one attached hydrogen (secondary N) is 1. The lowest BCUT2D eigenvalue weighted by Crippen LogP contribution is -2.28. The number of rotatable bonds is 7. The zero-order valence-corrected chi connectivity index (χ0v) is 17.6. The third-order valence-electron chi connectivity index (χ3n) is 4.83. The van der Waals surface area contributed by atoms with Crippen LogP contribution in [0.1, 0.15) is 31.1 Å². The Morgan fingerprint density at radius 3 is 2.63 bits per heavy atom. The molecule has 0 saturated heterocycles. The van der Waals surface area contributed by atoms with Gasteiger partial charge in [-0.1, -0.05) is 12.1 Å². The quantitative estimate of drug-likeness (QED) is 0.454. The summed E-state index contributed by atoms with van der Waals surface area (Å²) in [7, 11) is 0. The second-order valence-corrected chi connectivity index (χ2v) is 7.82. The Hall–Kier alpha value is -3.19. The Morgan fingerprint density at radius 1 is 1.20 bits per heavy atom. The molecule has 2 heterocycles. The highest BCUT2D eigenvalue weighted by Crippen LogP contribution is 2.24. The number of hydrogen-bond donors (Lipinski definition) is 1. The molecule has 4 rings (SSSR count). The molecule has 1 N–H and O–H groups in total. The lowest BCUT2D eigenvalue weighted by atomic mass is 10.1. The van der Waals surface area contributed by atoms with Crippen LogP contribution in [-0.4, -0.2) is 21.9 Å². The molecule has 1 amide bonds. The highest BCUT2D eigenvalue weighted by atomic mass is 32.1. The molecule has 4 aromatic rings.